The highest BCUT2D eigenvalue weighted by Gasteiger charge is 2.04. The maximum Gasteiger partial charge on any atom is 0.165 e. The van der Waals surface area contributed by atoms with Gasteiger partial charge in [0.1, 0.15) is 0 Å². The minimum atomic E-state index is -0.434. The van der Waals surface area contributed by atoms with Gasteiger partial charge >= 0.3 is 0 Å². The van der Waals surface area contributed by atoms with Gasteiger partial charge in [0.2, 0.25) is 0 Å². The number of hydrogen-bond acceptors (Lipinski definition) is 3. The van der Waals surface area contributed by atoms with Gasteiger partial charge in [0, 0.05) is 10.6 Å². The summed E-state index contributed by atoms with van der Waals surface area (Å²) in [5.74, 6) is 0.549. The Kier molecular flexibility index (Phi) is 5.24. The fraction of sp³-hybridized carbons (Fsp3) is 0.200. The van der Waals surface area contributed by atoms with Gasteiger partial charge in [0.05, 0.1) is 13.2 Å². The molecule has 100 valence electrons. The fourth-order valence-corrected chi connectivity index (χ4v) is 2.34. The third-order valence-electron chi connectivity index (χ3n) is 2.53. The summed E-state index contributed by atoms with van der Waals surface area (Å²) >= 11 is 1.67. The van der Waals surface area contributed by atoms with Crippen LogP contribution in [0.4, 0.5) is 4.39 Å². The van der Waals surface area contributed by atoms with Crippen molar-refractivity contribution in [1.29, 1.82) is 0 Å². The van der Waals surface area contributed by atoms with Crippen LogP contribution in [0.25, 0.3) is 0 Å². The van der Waals surface area contributed by atoms with Crippen molar-refractivity contribution < 1.29 is 14.2 Å². The second-order valence-corrected chi connectivity index (χ2v) is 5.10. The van der Waals surface area contributed by atoms with E-state index in [1.54, 1.807) is 23.9 Å². The third kappa shape index (κ3) is 4.26. The van der Waals surface area contributed by atoms with E-state index in [1.165, 1.54) is 11.0 Å². The second-order valence-electron chi connectivity index (χ2n) is 3.93. The highest BCUT2D eigenvalue weighted by Crippen LogP contribution is 2.20. The molecule has 0 aliphatic carbocycles. The highest BCUT2D eigenvalue weighted by molar-refractivity contribution is 7.99. The molecule has 0 heterocycles. The van der Waals surface area contributed by atoms with E-state index in [0.29, 0.717) is 12.2 Å². The van der Waals surface area contributed by atoms with Crippen LogP contribution in [-0.4, -0.2) is 17.5 Å². The van der Waals surface area contributed by atoms with Crippen LogP contribution < -0.4 is 4.74 Å². The molecule has 0 aliphatic rings. The van der Waals surface area contributed by atoms with Crippen LogP contribution in [-0.2, 0) is 6.61 Å². The quantitative estimate of drug-likeness (QED) is 0.648. The number of aliphatic hydroxyl groups is 1. The molecule has 1 N–H and O–H groups in total. The third-order valence-corrected chi connectivity index (χ3v) is 3.51. The first kappa shape index (κ1) is 13.9. The van der Waals surface area contributed by atoms with E-state index in [0.717, 1.165) is 5.75 Å². The van der Waals surface area contributed by atoms with Crippen molar-refractivity contribution in [2.24, 2.45) is 0 Å². The van der Waals surface area contributed by atoms with Crippen molar-refractivity contribution in [3.05, 3.63) is 59.9 Å². The smallest absolute Gasteiger partial charge is 0.165 e. The summed E-state index contributed by atoms with van der Waals surface area (Å²) in [4.78, 5) is 1.17. The van der Waals surface area contributed by atoms with Crippen molar-refractivity contribution in [2.45, 2.75) is 11.5 Å². The van der Waals surface area contributed by atoms with Gasteiger partial charge in [-0.3, -0.25) is 0 Å². The van der Waals surface area contributed by atoms with Crippen LogP contribution in [0.2, 0.25) is 0 Å². The van der Waals surface area contributed by atoms with Crippen LogP contribution in [0.3, 0.4) is 0 Å². The largest absolute Gasteiger partial charge is 0.490 e. The van der Waals surface area contributed by atoms with Crippen LogP contribution >= 0.6 is 11.8 Å². The molecule has 0 fully saturated rings. The molecular weight excluding hydrogens is 263 g/mol. The minimum absolute atomic E-state index is 0.166. The highest BCUT2D eigenvalue weighted by atomic mass is 32.2. The summed E-state index contributed by atoms with van der Waals surface area (Å²) in [5, 5.41) is 8.88. The van der Waals surface area contributed by atoms with Crippen LogP contribution in [0.5, 0.6) is 5.75 Å². The lowest BCUT2D eigenvalue weighted by Crippen LogP contribution is -2.02. The Labute approximate surface area is 116 Å². The Hall–Kier alpha value is -1.52. The summed E-state index contributed by atoms with van der Waals surface area (Å²) in [6.45, 7) is 0.274. The molecule has 0 saturated carbocycles. The minimum Gasteiger partial charge on any atom is -0.490 e. The Balaban J connectivity index is 1.80. The van der Waals surface area contributed by atoms with Gasteiger partial charge in [0.15, 0.2) is 11.6 Å². The molecule has 0 aliphatic heterocycles. The van der Waals surface area contributed by atoms with E-state index in [9.17, 15) is 4.39 Å². The van der Waals surface area contributed by atoms with Crippen molar-refractivity contribution >= 4 is 11.8 Å². The standard InChI is InChI=1S/C15H15FO2S/c16-14-10-12(11-17)6-7-15(14)18-8-9-19-13-4-2-1-3-5-13/h1-7,10,17H,8-9,11H2. The Morgan fingerprint density at radius 3 is 2.58 bits per heavy atom. The number of halogens is 1. The lowest BCUT2D eigenvalue weighted by Gasteiger charge is -2.08. The van der Waals surface area contributed by atoms with Gasteiger partial charge in [-0.1, -0.05) is 24.3 Å². The van der Waals surface area contributed by atoms with Crippen LogP contribution in [0, 0.1) is 5.82 Å². The zero-order chi connectivity index (χ0) is 13.5. The van der Waals surface area contributed by atoms with Crippen molar-refractivity contribution in [2.75, 3.05) is 12.4 Å². The van der Waals surface area contributed by atoms with Crippen molar-refractivity contribution in [1.82, 2.24) is 0 Å². The van der Waals surface area contributed by atoms with E-state index in [1.807, 2.05) is 30.3 Å². The predicted molar refractivity (Wildman–Crippen MR) is 75.0 cm³/mol. The first-order valence-corrected chi connectivity index (χ1v) is 6.98. The molecule has 4 heteroatoms. The molecule has 2 aromatic carbocycles. The summed E-state index contributed by atoms with van der Waals surface area (Å²) in [5.41, 5.74) is 0.545. The number of benzene rings is 2. The van der Waals surface area contributed by atoms with Gasteiger partial charge in [-0.05, 0) is 29.8 Å². The molecular formula is C15H15FO2S. The Morgan fingerprint density at radius 2 is 1.89 bits per heavy atom. The number of ether oxygens (including phenoxy) is 1. The molecule has 0 aromatic heterocycles. The molecule has 2 nitrogen and oxygen atoms in total. The van der Waals surface area contributed by atoms with E-state index in [4.69, 9.17) is 9.84 Å². The van der Waals surface area contributed by atoms with E-state index in [-0.39, 0.29) is 12.4 Å². The molecule has 0 bridgehead atoms. The Morgan fingerprint density at radius 1 is 1.11 bits per heavy atom. The van der Waals surface area contributed by atoms with Gasteiger partial charge in [-0.25, -0.2) is 4.39 Å². The molecule has 0 unspecified atom stereocenters. The first-order valence-electron chi connectivity index (χ1n) is 5.99. The lowest BCUT2D eigenvalue weighted by atomic mass is 10.2. The zero-order valence-electron chi connectivity index (χ0n) is 10.4. The number of rotatable bonds is 6. The predicted octanol–water partition coefficient (Wildman–Crippen LogP) is 3.49. The van der Waals surface area contributed by atoms with Crippen LogP contribution in [0.15, 0.2) is 53.4 Å². The number of thioether (sulfide) groups is 1. The average molecular weight is 278 g/mol. The molecule has 2 aromatic rings. The SMILES string of the molecule is OCc1ccc(OCCSc2ccccc2)c(F)c1. The summed E-state index contributed by atoms with van der Waals surface area (Å²) < 4.78 is 18.9. The van der Waals surface area contributed by atoms with Crippen LogP contribution in [0.1, 0.15) is 5.56 Å². The molecule has 2 rings (SSSR count). The van der Waals surface area contributed by atoms with E-state index in [2.05, 4.69) is 0 Å². The van der Waals surface area contributed by atoms with E-state index < -0.39 is 5.82 Å². The summed E-state index contributed by atoms with van der Waals surface area (Å²) in [7, 11) is 0. The van der Waals surface area contributed by atoms with Gasteiger partial charge in [-0.15, -0.1) is 11.8 Å². The molecule has 0 amide bonds. The zero-order valence-corrected chi connectivity index (χ0v) is 11.2. The number of hydrogen-bond donors (Lipinski definition) is 1. The van der Waals surface area contributed by atoms with Crippen molar-refractivity contribution in [3.8, 4) is 5.75 Å². The molecule has 19 heavy (non-hydrogen) atoms. The van der Waals surface area contributed by atoms with E-state index >= 15 is 0 Å². The van der Waals surface area contributed by atoms with Gasteiger partial charge in [-0.2, -0.15) is 0 Å². The maximum atomic E-state index is 13.5. The normalized spacial score (nSPS) is 10.4. The molecule has 0 radical (unpaired) electrons. The molecule has 0 spiro atoms. The first-order chi connectivity index (χ1) is 9.29. The Bertz CT molecular complexity index is 517. The second kappa shape index (κ2) is 7.16. The topological polar surface area (TPSA) is 29.5 Å². The van der Waals surface area contributed by atoms with Gasteiger partial charge < -0.3 is 9.84 Å². The fourth-order valence-electron chi connectivity index (χ4n) is 1.59. The van der Waals surface area contributed by atoms with Crippen molar-refractivity contribution in [3.63, 3.8) is 0 Å². The summed E-state index contributed by atoms with van der Waals surface area (Å²) in [6, 6.07) is 14.5. The maximum absolute atomic E-state index is 13.5. The lowest BCUT2D eigenvalue weighted by molar-refractivity contribution is 0.280. The monoisotopic (exact) mass is 278 g/mol. The number of aliphatic hydroxyl groups excluding tert-OH is 1. The molecule has 0 atom stereocenters. The van der Waals surface area contributed by atoms with Gasteiger partial charge in [0.25, 0.3) is 0 Å². The summed E-state index contributed by atoms with van der Waals surface area (Å²) in [6.07, 6.45) is 0. The molecule has 0 saturated heterocycles. The average Bonchev–Trinajstić information content (AvgIpc) is 2.46.